The van der Waals surface area contributed by atoms with Crippen LogP contribution in [0, 0.1) is 5.92 Å². The number of pyridine rings is 1. The summed E-state index contributed by atoms with van der Waals surface area (Å²) in [6.45, 7) is 10.1. The van der Waals surface area contributed by atoms with Crippen LogP contribution in [0.25, 0.3) is 0 Å². The quantitative estimate of drug-likeness (QED) is 0.687. The number of hydrogen-bond acceptors (Lipinski definition) is 4. The number of alkyl halides is 3. The highest BCUT2D eigenvalue weighted by molar-refractivity contribution is 5.93. The molecular formula is C21H32F3N3O3. The van der Waals surface area contributed by atoms with Crippen molar-refractivity contribution >= 4 is 5.91 Å². The Morgan fingerprint density at radius 2 is 1.83 bits per heavy atom. The van der Waals surface area contributed by atoms with Crippen LogP contribution < -0.4 is 10.9 Å². The van der Waals surface area contributed by atoms with Gasteiger partial charge in [-0.3, -0.25) is 14.5 Å². The zero-order valence-corrected chi connectivity index (χ0v) is 18.1. The number of ether oxygens (including phenoxy) is 1. The van der Waals surface area contributed by atoms with E-state index in [1.165, 1.54) is 0 Å². The van der Waals surface area contributed by atoms with Crippen molar-refractivity contribution < 1.29 is 22.7 Å². The zero-order chi connectivity index (χ0) is 22.5. The van der Waals surface area contributed by atoms with E-state index in [9.17, 15) is 22.8 Å². The summed E-state index contributed by atoms with van der Waals surface area (Å²) in [5.41, 5.74) is -2.20. The summed E-state index contributed by atoms with van der Waals surface area (Å²) in [5, 5.41) is 2.62. The van der Waals surface area contributed by atoms with Gasteiger partial charge in [-0.1, -0.05) is 13.8 Å². The minimum Gasteiger partial charge on any atom is -0.373 e. The Bertz CT molecular complexity index is 767. The molecule has 1 N–H and O–H groups in total. The molecule has 1 amide bonds. The van der Waals surface area contributed by atoms with Crippen LogP contribution in [0.3, 0.4) is 0 Å². The Labute approximate surface area is 175 Å². The number of halogens is 3. The number of nitrogens with zero attached hydrogens (tertiary/aromatic N) is 2. The van der Waals surface area contributed by atoms with Crippen molar-refractivity contribution in [3.05, 3.63) is 33.7 Å². The van der Waals surface area contributed by atoms with Crippen molar-refractivity contribution in [2.45, 2.75) is 65.5 Å². The second kappa shape index (κ2) is 10.4. The molecule has 1 aromatic rings. The molecule has 2 rings (SSSR count). The maximum Gasteiger partial charge on any atom is 0.431 e. The largest absolute Gasteiger partial charge is 0.431 e. The van der Waals surface area contributed by atoms with Crippen LogP contribution in [0.5, 0.6) is 0 Å². The number of hydrogen-bond donors (Lipinski definition) is 1. The molecule has 1 fully saturated rings. The first-order valence-electron chi connectivity index (χ1n) is 10.5. The summed E-state index contributed by atoms with van der Waals surface area (Å²) in [7, 11) is 0. The van der Waals surface area contributed by atoms with Gasteiger partial charge in [0.15, 0.2) is 0 Å². The van der Waals surface area contributed by atoms with E-state index in [-0.39, 0.29) is 24.3 Å². The van der Waals surface area contributed by atoms with E-state index in [0.29, 0.717) is 43.1 Å². The Morgan fingerprint density at radius 3 is 2.40 bits per heavy atom. The fraction of sp³-hybridized carbons (Fsp3) is 0.714. The lowest BCUT2D eigenvalue weighted by Crippen LogP contribution is -2.46. The lowest BCUT2D eigenvalue weighted by atomic mass is 10.1. The van der Waals surface area contributed by atoms with Crippen LogP contribution in [0.15, 0.2) is 16.9 Å². The standard InChI is InChI=1S/C21H32F3N3O3/c1-14(2)8-9-25-19(28)17-6-7-18(21(22,23)24)27(20(17)29)11-5-10-26-12-15(3)30-16(4)13-26/h6-7,14-16H,5,8-13H2,1-4H3,(H,25,28)/t15-,16+. The third-order valence-electron chi connectivity index (χ3n) is 5.07. The van der Waals surface area contributed by atoms with Gasteiger partial charge < -0.3 is 14.6 Å². The van der Waals surface area contributed by atoms with E-state index in [0.717, 1.165) is 18.6 Å². The number of carbonyl (C=O) groups excluding carboxylic acids is 1. The van der Waals surface area contributed by atoms with Crippen molar-refractivity contribution in [3.63, 3.8) is 0 Å². The summed E-state index contributed by atoms with van der Waals surface area (Å²) in [5.74, 6) is -0.279. The highest BCUT2D eigenvalue weighted by Crippen LogP contribution is 2.28. The van der Waals surface area contributed by atoms with Crippen LogP contribution in [-0.4, -0.2) is 53.8 Å². The molecule has 0 spiro atoms. The first-order chi connectivity index (χ1) is 14.0. The molecule has 0 aliphatic carbocycles. The third-order valence-corrected chi connectivity index (χ3v) is 5.07. The van der Waals surface area contributed by atoms with E-state index in [2.05, 4.69) is 10.2 Å². The molecule has 1 saturated heterocycles. The normalized spacial score (nSPS) is 20.5. The number of amides is 1. The lowest BCUT2D eigenvalue weighted by molar-refractivity contribution is -0.144. The van der Waals surface area contributed by atoms with Gasteiger partial charge in [-0.15, -0.1) is 0 Å². The molecule has 0 bridgehead atoms. The molecule has 9 heteroatoms. The summed E-state index contributed by atoms with van der Waals surface area (Å²) in [6.07, 6.45) is -3.48. The Kier molecular flexibility index (Phi) is 8.49. The molecule has 1 aliphatic rings. The van der Waals surface area contributed by atoms with Gasteiger partial charge in [0.25, 0.3) is 11.5 Å². The molecule has 0 saturated carbocycles. The minimum absolute atomic E-state index is 0.0556. The van der Waals surface area contributed by atoms with E-state index < -0.39 is 23.3 Å². The molecule has 2 atom stereocenters. The van der Waals surface area contributed by atoms with E-state index in [1.54, 1.807) is 0 Å². The fourth-order valence-electron chi connectivity index (χ4n) is 3.71. The Morgan fingerprint density at radius 1 is 1.20 bits per heavy atom. The molecule has 0 unspecified atom stereocenters. The molecule has 0 radical (unpaired) electrons. The Hall–Kier alpha value is -1.87. The maximum absolute atomic E-state index is 13.4. The van der Waals surface area contributed by atoms with E-state index in [4.69, 9.17) is 4.74 Å². The van der Waals surface area contributed by atoms with Crippen molar-refractivity contribution in [1.29, 1.82) is 0 Å². The predicted molar refractivity (Wildman–Crippen MR) is 109 cm³/mol. The minimum atomic E-state index is -4.67. The summed E-state index contributed by atoms with van der Waals surface area (Å²) >= 11 is 0. The molecule has 1 aliphatic heterocycles. The topological polar surface area (TPSA) is 63.6 Å². The van der Waals surface area contributed by atoms with Gasteiger partial charge in [0.05, 0.1) is 12.2 Å². The number of carbonyl (C=O) groups is 1. The van der Waals surface area contributed by atoms with Crippen LogP contribution in [-0.2, 0) is 17.5 Å². The summed E-state index contributed by atoms with van der Waals surface area (Å²) in [6, 6.07) is 1.79. The van der Waals surface area contributed by atoms with Gasteiger partial charge in [-0.2, -0.15) is 13.2 Å². The fourth-order valence-corrected chi connectivity index (χ4v) is 3.71. The van der Waals surface area contributed by atoms with Crippen molar-refractivity contribution in [3.8, 4) is 0 Å². The SMILES string of the molecule is CC(C)CCNC(=O)c1ccc(C(F)(F)F)n(CCCN2C[C@@H](C)O[C@@H](C)C2)c1=O. The number of nitrogens with one attached hydrogen (secondary N) is 1. The summed E-state index contributed by atoms with van der Waals surface area (Å²) in [4.78, 5) is 27.2. The van der Waals surface area contributed by atoms with Crippen LogP contribution in [0.2, 0.25) is 0 Å². The van der Waals surface area contributed by atoms with Gasteiger partial charge in [0.1, 0.15) is 11.3 Å². The summed E-state index contributed by atoms with van der Waals surface area (Å²) < 4.78 is 46.7. The lowest BCUT2D eigenvalue weighted by Gasteiger charge is -2.35. The van der Waals surface area contributed by atoms with Crippen LogP contribution >= 0.6 is 0 Å². The first-order valence-corrected chi connectivity index (χ1v) is 10.5. The smallest absolute Gasteiger partial charge is 0.373 e. The van der Waals surface area contributed by atoms with E-state index in [1.807, 2.05) is 27.7 Å². The van der Waals surface area contributed by atoms with Gasteiger partial charge in [-0.05, 0) is 44.7 Å². The first kappa shape index (κ1) is 24.4. The number of morpholine rings is 1. The second-order valence-electron chi connectivity index (χ2n) is 8.40. The molecular weight excluding hydrogens is 399 g/mol. The highest BCUT2D eigenvalue weighted by Gasteiger charge is 2.35. The van der Waals surface area contributed by atoms with Crippen molar-refractivity contribution in [1.82, 2.24) is 14.8 Å². The molecule has 30 heavy (non-hydrogen) atoms. The molecule has 6 nitrogen and oxygen atoms in total. The molecule has 1 aromatic heterocycles. The number of rotatable bonds is 8. The average Bonchev–Trinajstić information content (AvgIpc) is 2.60. The number of aromatic nitrogens is 1. The van der Waals surface area contributed by atoms with Crippen LogP contribution in [0.4, 0.5) is 13.2 Å². The van der Waals surface area contributed by atoms with Gasteiger partial charge in [0.2, 0.25) is 0 Å². The highest BCUT2D eigenvalue weighted by atomic mass is 19.4. The van der Waals surface area contributed by atoms with Gasteiger partial charge >= 0.3 is 6.18 Å². The van der Waals surface area contributed by atoms with E-state index >= 15 is 0 Å². The van der Waals surface area contributed by atoms with Crippen LogP contribution in [0.1, 0.15) is 56.6 Å². The maximum atomic E-state index is 13.4. The third kappa shape index (κ3) is 6.84. The zero-order valence-electron chi connectivity index (χ0n) is 18.1. The average molecular weight is 431 g/mol. The van der Waals surface area contributed by atoms with Gasteiger partial charge in [0, 0.05) is 32.7 Å². The molecule has 2 heterocycles. The van der Waals surface area contributed by atoms with Crippen molar-refractivity contribution in [2.75, 3.05) is 26.2 Å². The molecule has 0 aromatic carbocycles. The Balaban J connectivity index is 2.14. The van der Waals surface area contributed by atoms with Crippen molar-refractivity contribution in [2.24, 2.45) is 5.92 Å². The second-order valence-corrected chi connectivity index (χ2v) is 8.40. The monoisotopic (exact) mass is 431 g/mol. The molecule has 170 valence electrons. The van der Waals surface area contributed by atoms with Gasteiger partial charge in [-0.25, -0.2) is 0 Å². The predicted octanol–water partition coefficient (Wildman–Crippen LogP) is 3.14.